The molecular formula is C23H30N4O3. The molecule has 0 spiro atoms. The molecule has 1 amide bonds. The summed E-state index contributed by atoms with van der Waals surface area (Å²) in [6.45, 7) is 8.21. The third-order valence-corrected chi connectivity index (χ3v) is 5.21. The van der Waals surface area contributed by atoms with Gasteiger partial charge >= 0.3 is 0 Å². The summed E-state index contributed by atoms with van der Waals surface area (Å²) in [4.78, 5) is 12.7. The molecule has 0 aliphatic heterocycles. The van der Waals surface area contributed by atoms with Crippen LogP contribution in [0.1, 0.15) is 52.9 Å². The summed E-state index contributed by atoms with van der Waals surface area (Å²) in [6, 6.07) is 9.94. The van der Waals surface area contributed by atoms with Gasteiger partial charge in [0, 0.05) is 35.3 Å². The van der Waals surface area contributed by atoms with E-state index in [1.54, 1.807) is 14.2 Å². The van der Waals surface area contributed by atoms with Gasteiger partial charge in [-0.3, -0.25) is 9.89 Å². The number of hydrogen-bond donors (Lipinski definition) is 2. The van der Waals surface area contributed by atoms with Gasteiger partial charge in [0.05, 0.1) is 19.8 Å². The van der Waals surface area contributed by atoms with Crippen LogP contribution in [-0.2, 0) is 12.8 Å². The lowest BCUT2D eigenvalue weighted by Gasteiger charge is -2.13. The number of methoxy groups -OCH3 is 2. The quantitative estimate of drug-likeness (QED) is 0.574. The first-order valence-corrected chi connectivity index (χ1v) is 10.1. The maximum Gasteiger partial charge on any atom is 0.258 e. The number of nitrogens with one attached hydrogen (secondary N) is 2. The van der Waals surface area contributed by atoms with E-state index in [2.05, 4.69) is 33.9 Å². The van der Waals surface area contributed by atoms with Crippen molar-refractivity contribution in [3.8, 4) is 11.5 Å². The molecule has 7 nitrogen and oxygen atoms in total. The Bertz CT molecular complexity index is 1010. The van der Waals surface area contributed by atoms with Crippen molar-refractivity contribution in [1.82, 2.24) is 14.8 Å². The molecule has 3 aromatic rings. The van der Waals surface area contributed by atoms with Crippen LogP contribution in [0.3, 0.4) is 0 Å². The van der Waals surface area contributed by atoms with E-state index in [0.717, 1.165) is 47.0 Å². The van der Waals surface area contributed by atoms with E-state index in [1.165, 1.54) is 0 Å². The summed E-state index contributed by atoms with van der Waals surface area (Å²) < 4.78 is 12.8. The van der Waals surface area contributed by atoms with Crippen LogP contribution >= 0.6 is 0 Å². The molecule has 0 radical (unpaired) electrons. The van der Waals surface area contributed by atoms with Crippen molar-refractivity contribution in [1.29, 1.82) is 0 Å². The van der Waals surface area contributed by atoms with E-state index >= 15 is 0 Å². The van der Waals surface area contributed by atoms with Gasteiger partial charge in [-0.25, -0.2) is 0 Å². The Morgan fingerprint density at radius 2 is 1.73 bits per heavy atom. The van der Waals surface area contributed by atoms with Crippen molar-refractivity contribution < 1.29 is 14.3 Å². The van der Waals surface area contributed by atoms with Gasteiger partial charge in [-0.2, -0.15) is 5.10 Å². The minimum absolute atomic E-state index is 0.148. The lowest BCUT2D eigenvalue weighted by molar-refractivity contribution is 0.102. The molecule has 2 N–H and O–H groups in total. The van der Waals surface area contributed by atoms with Gasteiger partial charge in [-0.05, 0) is 64.3 Å². The molecule has 3 rings (SSSR count). The second-order valence-corrected chi connectivity index (χ2v) is 7.70. The number of hydrogen-bond acceptors (Lipinski definition) is 4. The maximum atomic E-state index is 12.7. The van der Waals surface area contributed by atoms with Crippen LogP contribution in [0.4, 0.5) is 5.82 Å². The number of aryl methyl sites for hydroxylation is 3. The monoisotopic (exact) mass is 410 g/mol. The second kappa shape index (κ2) is 9.07. The number of ether oxygens (including phenoxy) is 2. The predicted octanol–water partition coefficient (Wildman–Crippen LogP) is 4.46. The highest BCUT2D eigenvalue weighted by molar-refractivity contribution is 6.04. The molecule has 2 heterocycles. The van der Waals surface area contributed by atoms with E-state index < -0.39 is 0 Å². The third-order valence-electron chi connectivity index (χ3n) is 5.21. The molecule has 0 saturated carbocycles. The van der Waals surface area contributed by atoms with Crippen molar-refractivity contribution in [2.75, 3.05) is 19.5 Å². The normalized spacial score (nSPS) is 11.0. The summed E-state index contributed by atoms with van der Waals surface area (Å²) in [7, 11) is 3.28. The SMILES string of the molecule is COc1cc(CCc2cc(NC(=O)c3cc(C)n(C(C)C)c3C)n[nH]2)cc(OC)c1. The van der Waals surface area contributed by atoms with Crippen LogP contribution in [0.2, 0.25) is 0 Å². The fraction of sp³-hybridized carbons (Fsp3) is 0.391. The zero-order valence-electron chi connectivity index (χ0n) is 18.5. The molecule has 0 saturated heterocycles. The Hall–Kier alpha value is -3.22. The van der Waals surface area contributed by atoms with E-state index in [-0.39, 0.29) is 5.91 Å². The van der Waals surface area contributed by atoms with Crippen LogP contribution in [0.15, 0.2) is 30.3 Å². The third kappa shape index (κ3) is 4.67. The fourth-order valence-electron chi connectivity index (χ4n) is 3.83. The van der Waals surface area contributed by atoms with Gasteiger partial charge in [0.1, 0.15) is 11.5 Å². The lowest BCUT2D eigenvalue weighted by Crippen LogP contribution is -2.14. The molecule has 0 aliphatic rings. The molecule has 30 heavy (non-hydrogen) atoms. The van der Waals surface area contributed by atoms with Gasteiger partial charge in [0.25, 0.3) is 5.91 Å². The molecule has 7 heteroatoms. The van der Waals surface area contributed by atoms with Gasteiger partial charge in [-0.1, -0.05) is 0 Å². The minimum Gasteiger partial charge on any atom is -0.497 e. The van der Waals surface area contributed by atoms with Crippen LogP contribution in [0.5, 0.6) is 11.5 Å². The molecule has 1 aromatic carbocycles. The fourth-order valence-corrected chi connectivity index (χ4v) is 3.83. The summed E-state index contributed by atoms with van der Waals surface area (Å²) in [5.74, 6) is 1.90. The summed E-state index contributed by atoms with van der Waals surface area (Å²) >= 11 is 0. The van der Waals surface area contributed by atoms with Gasteiger partial charge < -0.3 is 19.4 Å². The number of benzene rings is 1. The highest BCUT2D eigenvalue weighted by Crippen LogP contribution is 2.24. The number of aromatic nitrogens is 3. The Morgan fingerprint density at radius 3 is 2.30 bits per heavy atom. The molecule has 0 atom stereocenters. The first-order chi connectivity index (χ1) is 14.3. The topological polar surface area (TPSA) is 81.2 Å². The Balaban J connectivity index is 1.66. The van der Waals surface area contributed by atoms with Gasteiger partial charge in [-0.15, -0.1) is 0 Å². The van der Waals surface area contributed by atoms with Crippen molar-refractivity contribution >= 4 is 11.7 Å². The molecule has 0 unspecified atom stereocenters. The molecule has 0 fully saturated rings. The number of rotatable bonds is 8. The number of anilines is 1. The van der Waals surface area contributed by atoms with Crippen molar-refractivity contribution in [2.45, 2.75) is 46.6 Å². The Kier molecular flexibility index (Phi) is 6.50. The molecule has 0 aliphatic carbocycles. The van der Waals surface area contributed by atoms with E-state index in [4.69, 9.17) is 9.47 Å². The first-order valence-electron chi connectivity index (χ1n) is 10.1. The zero-order valence-corrected chi connectivity index (χ0v) is 18.5. The summed E-state index contributed by atoms with van der Waals surface area (Å²) in [5, 5.41) is 10.1. The number of aromatic amines is 1. The van der Waals surface area contributed by atoms with Crippen molar-refractivity contribution in [2.24, 2.45) is 0 Å². The number of carbonyl (C=O) groups is 1. The highest BCUT2D eigenvalue weighted by atomic mass is 16.5. The molecule has 2 aromatic heterocycles. The lowest BCUT2D eigenvalue weighted by atomic mass is 10.1. The first kappa shape index (κ1) is 21.5. The van der Waals surface area contributed by atoms with Crippen LogP contribution in [0.25, 0.3) is 0 Å². The second-order valence-electron chi connectivity index (χ2n) is 7.70. The van der Waals surface area contributed by atoms with Crippen molar-refractivity contribution in [3.05, 3.63) is 58.5 Å². The number of nitrogens with zero attached hydrogens (tertiary/aromatic N) is 2. The van der Waals surface area contributed by atoms with Crippen LogP contribution in [-0.4, -0.2) is 34.9 Å². The predicted molar refractivity (Wildman–Crippen MR) is 118 cm³/mol. The van der Waals surface area contributed by atoms with E-state index in [0.29, 0.717) is 17.4 Å². The van der Waals surface area contributed by atoms with Crippen LogP contribution < -0.4 is 14.8 Å². The van der Waals surface area contributed by atoms with Gasteiger partial charge in [0.2, 0.25) is 0 Å². The number of H-pyrrole nitrogens is 1. The van der Waals surface area contributed by atoms with Crippen molar-refractivity contribution in [3.63, 3.8) is 0 Å². The Labute approximate surface area is 177 Å². The highest BCUT2D eigenvalue weighted by Gasteiger charge is 2.18. The summed E-state index contributed by atoms with van der Waals surface area (Å²) in [5.41, 5.74) is 4.76. The summed E-state index contributed by atoms with van der Waals surface area (Å²) in [6.07, 6.45) is 1.54. The number of carbonyl (C=O) groups excluding carboxylic acids is 1. The smallest absolute Gasteiger partial charge is 0.258 e. The van der Waals surface area contributed by atoms with E-state index in [9.17, 15) is 4.79 Å². The average molecular weight is 411 g/mol. The maximum absolute atomic E-state index is 12.7. The molecule has 160 valence electrons. The van der Waals surface area contributed by atoms with Gasteiger partial charge in [0.15, 0.2) is 5.82 Å². The zero-order chi connectivity index (χ0) is 21.8. The average Bonchev–Trinajstić information content (AvgIpc) is 3.29. The standard InChI is InChI=1S/C23H30N4O3/c1-14(2)27-15(3)9-21(16(27)4)23(28)24-22-12-18(25-26-22)8-7-17-10-19(29-5)13-20(11-17)30-6/h9-14H,7-8H2,1-6H3,(H2,24,25,26,28). The largest absolute Gasteiger partial charge is 0.497 e. The minimum atomic E-state index is -0.148. The number of amides is 1. The Morgan fingerprint density at radius 1 is 1.07 bits per heavy atom. The molecule has 0 bridgehead atoms. The van der Waals surface area contributed by atoms with Crippen LogP contribution in [0, 0.1) is 13.8 Å². The molecular weight excluding hydrogens is 380 g/mol. The van der Waals surface area contributed by atoms with E-state index in [1.807, 2.05) is 44.2 Å².